The summed E-state index contributed by atoms with van der Waals surface area (Å²) in [5, 5.41) is 2.87. The van der Waals surface area contributed by atoms with Crippen LogP contribution in [0.4, 0.5) is 0 Å². The number of nitrogens with one attached hydrogen (secondary N) is 1. The number of carbonyl (C=O) groups is 1. The number of carbonyl (C=O) groups excluding carboxylic acids is 1. The minimum absolute atomic E-state index is 0.0331. The molecular formula is C11H13Br2NO. The maximum Gasteiger partial charge on any atom is 0.251 e. The summed E-state index contributed by atoms with van der Waals surface area (Å²) in [6.07, 6.45) is 0.999. The number of alkyl halides is 1. The van der Waals surface area contributed by atoms with Crippen LogP contribution in [0, 0.1) is 0 Å². The van der Waals surface area contributed by atoms with Crippen LogP contribution >= 0.6 is 31.9 Å². The van der Waals surface area contributed by atoms with Gasteiger partial charge in [0.1, 0.15) is 0 Å². The van der Waals surface area contributed by atoms with Crippen LogP contribution in [0.2, 0.25) is 0 Å². The van der Waals surface area contributed by atoms with Crippen molar-refractivity contribution in [3.8, 4) is 0 Å². The van der Waals surface area contributed by atoms with E-state index in [4.69, 9.17) is 0 Å². The predicted octanol–water partition coefficient (Wildman–Crippen LogP) is 3.35. The maximum atomic E-state index is 11.7. The Morgan fingerprint density at radius 1 is 1.53 bits per heavy atom. The Balaban J connectivity index is 2.54. The highest BCUT2D eigenvalue weighted by Gasteiger charge is 2.07. The average Bonchev–Trinajstić information content (AvgIpc) is 2.25. The van der Waals surface area contributed by atoms with Crippen LogP contribution in [0.15, 0.2) is 28.7 Å². The average molecular weight is 335 g/mol. The van der Waals surface area contributed by atoms with Crippen molar-refractivity contribution < 1.29 is 4.79 Å². The summed E-state index contributed by atoms with van der Waals surface area (Å²) in [6.45, 7) is 2.73. The zero-order valence-electron chi connectivity index (χ0n) is 8.47. The number of hydrogen-bond acceptors (Lipinski definition) is 1. The summed E-state index contributed by atoms with van der Waals surface area (Å²) in [5.74, 6) is -0.0331. The normalized spacial score (nSPS) is 12.2. The van der Waals surface area contributed by atoms with Gasteiger partial charge in [-0.1, -0.05) is 44.8 Å². The van der Waals surface area contributed by atoms with E-state index in [2.05, 4.69) is 44.1 Å². The van der Waals surface area contributed by atoms with Crippen LogP contribution in [0.1, 0.15) is 23.7 Å². The van der Waals surface area contributed by atoms with Gasteiger partial charge in [-0.15, -0.1) is 0 Å². The Labute approximate surface area is 107 Å². The van der Waals surface area contributed by atoms with E-state index >= 15 is 0 Å². The van der Waals surface area contributed by atoms with Gasteiger partial charge in [0, 0.05) is 21.4 Å². The molecule has 0 bridgehead atoms. The van der Waals surface area contributed by atoms with Crippen molar-refractivity contribution in [3.05, 3.63) is 34.3 Å². The van der Waals surface area contributed by atoms with Crippen LogP contribution in [0.5, 0.6) is 0 Å². The van der Waals surface area contributed by atoms with E-state index in [0.717, 1.165) is 10.9 Å². The molecule has 2 nitrogen and oxygen atoms in total. The third-order valence-electron chi connectivity index (χ3n) is 2.01. The van der Waals surface area contributed by atoms with Gasteiger partial charge in [-0.05, 0) is 24.6 Å². The molecule has 1 rings (SSSR count). The van der Waals surface area contributed by atoms with Crippen molar-refractivity contribution in [1.29, 1.82) is 0 Å². The van der Waals surface area contributed by atoms with Crippen molar-refractivity contribution in [2.75, 3.05) is 6.54 Å². The lowest BCUT2D eigenvalue weighted by molar-refractivity contribution is 0.0954. The quantitative estimate of drug-likeness (QED) is 0.840. The van der Waals surface area contributed by atoms with Crippen LogP contribution < -0.4 is 5.32 Å². The predicted molar refractivity (Wildman–Crippen MR) is 69.5 cm³/mol. The van der Waals surface area contributed by atoms with E-state index in [1.54, 1.807) is 6.07 Å². The molecule has 1 aromatic carbocycles. The van der Waals surface area contributed by atoms with Gasteiger partial charge in [-0.25, -0.2) is 0 Å². The second-order valence-electron chi connectivity index (χ2n) is 3.23. The molecule has 1 N–H and O–H groups in total. The number of halogens is 2. The first-order chi connectivity index (χ1) is 7.13. The van der Waals surface area contributed by atoms with Gasteiger partial charge in [0.25, 0.3) is 5.91 Å². The zero-order valence-corrected chi connectivity index (χ0v) is 11.6. The first-order valence-corrected chi connectivity index (χ1v) is 6.52. The molecule has 0 aliphatic carbocycles. The summed E-state index contributed by atoms with van der Waals surface area (Å²) < 4.78 is 0.918. The molecule has 0 heterocycles. The van der Waals surface area contributed by atoms with Crippen molar-refractivity contribution in [2.45, 2.75) is 18.2 Å². The molecule has 82 valence electrons. The monoisotopic (exact) mass is 333 g/mol. The fourth-order valence-corrected chi connectivity index (χ4v) is 1.64. The van der Waals surface area contributed by atoms with Gasteiger partial charge >= 0.3 is 0 Å². The molecule has 15 heavy (non-hydrogen) atoms. The lowest BCUT2D eigenvalue weighted by Crippen LogP contribution is -2.29. The highest BCUT2D eigenvalue weighted by atomic mass is 79.9. The van der Waals surface area contributed by atoms with Crippen LogP contribution in [-0.2, 0) is 0 Å². The van der Waals surface area contributed by atoms with Gasteiger partial charge in [-0.2, -0.15) is 0 Å². The topological polar surface area (TPSA) is 29.1 Å². The molecule has 0 aliphatic rings. The molecule has 0 saturated heterocycles. The van der Waals surface area contributed by atoms with Gasteiger partial charge in [0.05, 0.1) is 0 Å². The minimum atomic E-state index is -0.0331. The Morgan fingerprint density at radius 3 is 2.87 bits per heavy atom. The smallest absolute Gasteiger partial charge is 0.251 e. The molecule has 0 saturated carbocycles. The fourth-order valence-electron chi connectivity index (χ4n) is 1.08. The van der Waals surface area contributed by atoms with E-state index in [9.17, 15) is 4.79 Å². The summed E-state index contributed by atoms with van der Waals surface area (Å²) >= 11 is 6.80. The molecule has 1 amide bonds. The van der Waals surface area contributed by atoms with Crippen molar-refractivity contribution >= 4 is 37.8 Å². The second kappa shape index (κ2) is 6.28. The number of rotatable bonds is 4. The molecule has 4 heteroatoms. The van der Waals surface area contributed by atoms with Gasteiger partial charge in [0.15, 0.2) is 0 Å². The first-order valence-electron chi connectivity index (χ1n) is 4.81. The van der Waals surface area contributed by atoms with Crippen molar-refractivity contribution in [2.24, 2.45) is 0 Å². The highest BCUT2D eigenvalue weighted by Crippen LogP contribution is 2.11. The number of amides is 1. The van der Waals surface area contributed by atoms with E-state index in [0.29, 0.717) is 16.9 Å². The SMILES string of the molecule is CCC(Br)CNC(=O)c1cccc(Br)c1. The molecule has 1 aromatic rings. The largest absolute Gasteiger partial charge is 0.351 e. The maximum absolute atomic E-state index is 11.7. The zero-order chi connectivity index (χ0) is 11.3. The van der Waals surface area contributed by atoms with Crippen LogP contribution in [0.25, 0.3) is 0 Å². The molecule has 1 atom stereocenters. The summed E-state index contributed by atoms with van der Waals surface area (Å²) in [7, 11) is 0. The van der Waals surface area contributed by atoms with Crippen LogP contribution in [-0.4, -0.2) is 17.3 Å². The van der Waals surface area contributed by atoms with E-state index in [-0.39, 0.29) is 5.91 Å². The van der Waals surface area contributed by atoms with Crippen molar-refractivity contribution in [1.82, 2.24) is 5.32 Å². The first kappa shape index (κ1) is 12.7. The Bertz CT molecular complexity index is 341. The van der Waals surface area contributed by atoms with Gasteiger partial charge < -0.3 is 5.32 Å². The fraction of sp³-hybridized carbons (Fsp3) is 0.364. The molecular weight excluding hydrogens is 322 g/mol. The molecule has 0 radical (unpaired) electrons. The summed E-state index contributed by atoms with van der Waals surface area (Å²) in [5.41, 5.74) is 0.681. The molecule has 1 unspecified atom stereocenters. The second-order valence-corrected chi connectivity index (χ2v) is 5.44. The van der Waals surface area contributed by atoms with E-state index < -0.39 is 0 Å². The Hall–Kier alpha value is -0.350. The van der Waals surface area contributed by atoms with E-state index in [1.165, 1.54) is 0 Å². The number of benzene rings is 1. The Kier molecular flexibility index (Phi) is 5.32. The summed E-state index contributed by atoms with van der Waals surface area (Å²) in [4.78, 5) is 12.0. The van der Waals surface area contributed by atoms with Crippen molar-refractivity contribution in [3.63, 3.8) is 0 Å². The molecule has 0 aromatic heterocycles. The third kappa shape index (κ3) is 4.34. The highest BCUT2D eigenvalue weighted by molar-refractivity contribution is 9.10. The van der Waals surface area contributed by atoms with E-state index in [1.807, 2.05) is 18.2 Å². The van der Waals surface area contributed by atoms with Crippen LogP contribution in [0.3, 0.4) is 0 Å². The Morgan fingerprint density at radius 2 is 2.27 bits per heavy atom. The van der Waals surface area contributed by atoms with Gasteiger partial charge in [-0.3, -0.25) is 4.79 Å². The number of hydrogen-bond donors (Lipinski definition) is 1. The molecule has 0 spiro atoms. The third-order valence-corrected chi connectivity index (χ3v) is 3.48. The molecule has 0 fully saturated rings. The lowest BCUT2D eigenvalue weighted by Gasteiger charge is -2.08. The minimum Gasteiger partial charge on any atom is -0.351 e. The van der Waals surface area contributed by atoms with Gasteiger partial charge in [0.2, 0.25) is 0 Å². The molecule has 0 aliphatic heterocycles. The lowest BCUT2D eigenvalue weighted by atomic mass is 10.2. The standard InChI is InChI=1S/C11H13Br2NO/c1-2-9(12)7-14-11(15)8-4-3-5-10(13)6-8/h3-6,9H,2,7H2,1H3,(H,14,15). The summed E-state index contributed by atoms with van der Waals surface area (Å²) in [6, 6.07) is 7.36.